The molecule has 254 valence electrons. The van der Waals surface area contributed by atoms with E-state index in [0.717, 1.165) is 0 Å². The molecule has 0 saturated heterocycles. The number of alkyl halides is 1. The number of halogens is 1. The van der Waals surface area contributed by atoms with Gasteiger partial charge >= 0.3 is 6.09 Å². The highest BCUT2D eigenvalue weighted by atomic mass is 19.1. The molecule has 14 nitrogen and oxygen atoms in total. The number of carbonyl (C=O) groups is 4. The standard InChI is InChI=1S/C32H38FN3O11/c1-29-10-9-21(37)11-20(29)7-8-22-23-12-24(38)32(43,30(23,2)13-25(39)31(22,29)33)26(40)17-46-28(42)35-15-27(41)34-14-18-3-5-19(6-4-18)16-47-36(44)45/h3-7,9-10,22-25,38-39,43H,8,11-17H2,1-2H3,(H,34,41)(H,35,42)/t22-,23-,24+,25-,29-,30-,31-,32-/m0/s1. The van der Waals surface area contributed by atoms with Crippen molar-refractivity contribution in [1.29, 1.82) is 0 Å². The van der Waals surface area contributed by atoms with E-state index in [1.165, 1.54) is 19.1 Å². The highest BCUT2D eigenvalue weighted by Gasteiger charge is 2.76. The molecule has 0 heterocycles. The van der Waals surface area contributed by atoms with Crippen molar-refractivity contribution in [2.45, 2.75) is 76.2 Å². The number of nitrogens with zero attached hydrogens (tertiary/aromatic N) is 1. The van der Waals surface area contributed by atoms with Crippen LogP contribution in [-0.2, 0) is 37.1 Å². The minimum atomic E-state index is -2.47. The maximum atomic E-state index is 17.2. The summed E-state index contributed by atoms with van der Waals surface area (Å²) in [5, 5.41) is 48.4. The van der Waals surface area contributed by atoms with Crippen molar-refractivity contribution >= 4 is 23.6 Å². The van der Waals surface area contributed by atoms with Crippen LogP contribution in [0.1, 0.15) is 50.7 Å². The van der Waals surface area contributed by atoms with Gasteiger partial charge in [-0.3, -0.25) is 14.4 Å². The average Bonchev–Trinajstić information content (AvgIpc) is 3.23. The Bertz CT molecular complexity index is 1530. The number of aliphatic hydroxyl groups excluding tert-OH is 2. The third kappa shape index (κ3) is 5.69. The van der Waals surface area contributed by atoms with E-state index in [4.69, 9.17) is 4.74 Å². The van der Waals surface area contributed by atoms with Crippen molar-refractivity contribution < 1.29 is 53.5 Å². The molecule has 5 N–H and O–H groups in total. The summed E-state index contributed by atoms with van der Waals surface area (Å²) >= 11 is 0. The average molecular weight is 660 g/mol. The van der Waals surface area contributed by atoms with Crippen LogP contribution in [0.3, 0.4) is 0 Å². The van der Waals surface area contributed by atoms with Gasteiger partial charge in [0, 0.05) is 29.7 Å². The third-order valence-corrected chi connectivity index (χ3v) is 10.8. The molecule has 2 saturated carbocycles. The van der Waals surface area contributed by atoms with Crippen LogP contribution in [0.25, 0.3) is 0 Å². The number of nitrogens with one attached hydrogen (secondary N) is 2. The number of fused-ring (bicyclic) bond motifs is 5. The van der Waals surface area contributed by atoms with Crippen molar-refractivity contribution in [3.05, 3.63) is 69.3 Å². The summed E-state index contributed by atoms with van der Waals surface area (Å²) in [4.78, 5) is 64.6. The lowest BCUT2D eigenvalue weighted by Gasteiger charge is -2.61. The lowest BCUT2D eigenvalue weighted by molar-refractivity contribution is -0.763. The molecule has 5 rings (SSSR count). The number of ether oxygens (including phenoxy) is 1. The van der Waals surface area contributed by atoms with E-state index in [0.29, 0.717) is 16.7 Å². The van der Waals surface area contributed by atoms with Gasteiger partial charge in [-0.2, -0.15) is 0 Å². The fourth-order valence-corrected chi connectivity index (χ4v) is 8.22. The van der Waals surface area contributed by atoms with Crippen LogP contribution in [0.4, 0.5) is 9.18 Å². The summed E-state index contributed by atoms with van der Waals surface area (Å²) in [6.07, 6.45) is -0.155. The zero-order chi connectivity index (χ0) is 34.4. The van der Waals surface area contributed by atoms with Gasteiger partial charge in [0.25, 0.3) is 5.09 Å². The van der Waals surface area contributed by atoms with Crippen LogP contribution in [0.15, 0.2) is 48.1 Å². The molecule has 1 aromatic rings. The van der Waals surface area contributed by atoms with E-state index < -0.39 is 82.2 Å². The predicted molar refractivity (Wildman–Crippen MR) is 159 cm³/mol. The first-order chi connectivity index (χ1) is 22.1. The fourth-order valence-electron chi connectivity index (χ4n) is 8.22. The van der Waals surface area contributed by atoms with Crippen LogP contribution < -0.4 is 10.6 Å². The number of hydrogen-bond acceptors (Lipinski definition) is 11. The van der Waals surface area contributed by atoms with Crippen LogP contribution in [0.2, 0.25) is 0 Å². The summed E-state index contributed by atoms with van der Waals surface area (Å²) < 4.78 is 22.2. The molecule has 2 fully saturated rings. The molecule has 15 heteroatoms. The molecule has 0 aliphatic heterocycles. The van der Waals surface area contributed by atoms with Crippen molar-refractivity contribution in [2.24, 2.45) is 22.7 Å². The summed E-state index contributed by atoms with van der Waals surface area (Å²) in [6, 6.07) is 6.46. The maximum absolute atomic E-state index is 17.2. The van der Waals surface area contributed by atoms with Crippen molar-refractivity contribution in [1.82, 2.24) is 10.6 Å². The molecule has 2 amide bonds. The van der Waals surface area contributed by atoms with Crippen LogP contribution in [0, 0.1) is 32.8 Å². The number of allylic oxidation sites excluding steroid dienone is 4. The fraction of sp³-hybridized carbons (Fsp3) is 0.562. The van der Waals surface area contributed by atoms with E-state index in [9.17, 15) is 44.6 Å². The number of hydrogen-bond donors (Lipinski definition) is 5. The summed E-state index contributed by atoms with van der Waals surface area (Å²) in [5.41, 5.74) is -5.65. The molecule has 47 heavy (non-hydrogen) atoms. The SMILES string of the molecule is C[C@]12C=CC(=O)CC1=CC[C@H]1[C@@H]3C[C@@H](O)[C@](O)(C(=O)COC(=O)NCC(=O)NCc4ccc(CO[N+](=O)[O-])cc4)[C@@]3(C)C[C@H](O)[C@@]12F. The number of ketones is 2. The third-order valence-electron chi connectivity index (χ3n) is 10.8. The minimum absolute atomic E-state index is 0.0333. The van der Waals surface area contributed by atoms with Gasteiger partial charge in [0.2, 0.25) is 11.7 Å². The zero-order valence-electron chi connectivity index (χ0n) is 25.9. The molecule has 0 spiro atoms. The first kappa shape index (κ1) is 34.1. The predicted octanol–water partition coefficient (Wildman–Crippen LogP) is 1.38. The van der Waals surface area contributed by atoms with Gasteiger partial charge < -0.3 is 35.5 Å². The summed E-state index contributed by atoms with van der Waals surface area (Å²) in [7, 11) is 0. The van der Waals surface area contributed by atoms with E-state index in [2.05, 4.69) is 15.5 Å². The molecule has 4 aliphatic carbocycles. The molecule has 0 bridgehead atoms. The van der Waals surface area contributed by atoms with Gasteiger partial charge in [-0.05, 0) is 49.3 Å². The van der Waals surface area contributed by atoms with Gasteiger partial charge in [0.05, 0.1) is 12.2 Å². The Morgan fingerprint density at radius 3 is 2.45 bits per heavy atom. The number of benzene rings is 1. The maximum Gasteiger partial charge on any atom is 0.408 e. The van der Waals surface area contributed by atoms with E-state index in [1.54, 1.807) is 37.3 Å². The first-order valence-electron chi connectivity index (χ1n) is 15.3. The lowest BCUT2D eigenvalue weighted by Crippen LogP contribution is -2.69. The second kappa shape index (κ2) is 12.4. The summed E-state index contributed by atoms with van der Waals surface area (Å²) in [5.74, 6) is -3.40. The van der Waals surface area contributed by atoms with Crippen LogP contribution >= 0.6 is 0 Å². The molecule has 1 aromatic carbocycles. The molecule has 4 aliphatic rings. The Hall–Kier alpha value is -4.21. The van der Waals surface area contributed by atoms with Gasteiger partial charge in [-0.1, -0.05) is 48.9 Å². The topological polar surface area (TPSA) is 215 Å². The second-order valence-electron chi connectivity index (χ2n) is 13.2. The van der Waals surface area contributed by atoms with Gasteiger partial charge in [0.15, 0.2) is 23.7 Å². The second-order valence-corrected chi connectivity index (χ2v) is 13.2. The quantitative estimate of drug-likeness (QED) is 0.137. The Morgan fingerprint density at radius 1 is 1.09 bits per heavy atom. The van der Waals surface area contributed by atoms with Crippen molar-refractivity contribution in [2.75, 3.05) is 13.2 Å². The van der Waals surface area contributed by atoms with Crippen LogP contribution in [-0.4, -0.2) is 80.6 Å². The van der Waals surface area contributed by atoms with Gasteiger partial charge in [-0.15, -0.1) is 10.1 Å². The highest BCUT2D eigenvalue weighted by Crippen LogP contribution is 2.69. The largest absolute Gasteiger partial charge is 0.441 e. The number of Topliss-reactive ketones (excluding diaryl/α,β-unsaturated/α-hetero) is 1. The number of rotatable bonds is 10. The highest BCUT2D eigenvalue weighted by molar-refractivity contribution is 5.94. The number of alkyl carbamates (subject to hydrolysis) is 1. The minimum Gasteiger partial charge on any atom is -0.441 e. The number of aliphatic hydroxyl groups is 3. The Labute approximate surface area is 269 Å². The number of amides is 2. The lowest BCUT2D eigenvalue weighted by atomic mass is 9.45. The molecular weight excluding hydrogens is 621 g/mol. The monoisotopic (exact) mass is 659 g/mol. The van der Waals surface area contributed by atoms with Crippen LogP contribution in [0.5, 0.6) is 0 Å². The molecule has 8 atom stereocenters. The van der Waals surface area contributed by atoms with Gasteiger partial charge in [-0.25, -0.2) is 9.18 Å². The van der Waals surface area contributed by atoms with E-state index >= 15 is 4.39 Å². The molecule has 0 aromatic heterocycles. The van der Waals surface area contributed by atoms with E-state index in [-0.39, 0.29) is 44.6 Å². The Kier molecular flexibility index (Phi) is 9.03. The molecule has 0 unspecified atom stereocenters. The van der Waals surface area contributed by atoms with Crippen molar-refractivity contribution in [3.8, 4) is 0 Å². The Balaban J connectivity index is 1.16. The van der Waals surface area contributed by atoms with Gasteiger partial charge in [0.1, 0.15) is 13.2 Å². The molecular formula is C32H38FN3O11. The normalized spacial score (nSPS) is 35.4. The zero-order valence-corrected chi connectivity index (χ0v) is 25.9. The summed E-state index contributed by atoms with van der Waals surface area (Å²) in [6.45, 7) is 1.57. The first-order valence-corrected chi connectivity index (χ1v) is 15.3. The smallest absolute Gasteiger partial charge is 0.408 e. The van der Waals surface area contributed by atoms with E-state index in [1.807, 2.05) is 0 Å². The Morgan fingerprint density at radius 2 is 1.77 bits per heavy atom. The number of carbonyl (C=O) groups excluding carboxylic acids is 4. The van der Waals surface area contributed by atoms with Crippen molar-refractivity contribution in [3.63, 3.8) is 0 Å². The molecule has 0 radical (unpaired) electrons.